The summed E-state index contributed by atoms with van der Waals surface area (Å²) in [7, 11) is 0. The van der Waals surface area contributed by atoms with Crippen molar-refractivity contribution in [1.82, 2.24) is 9.88 Å². The van der Waals surface area contributed by atoms with Crippen molar-refractivity contribution in [2.24, 2.45) is 11.3 Å². The predicted octanol–water partition coefficient (Wildman–Crippen LogP) is 5.91. The van der Waals surface area contributed by atoms with Crippen LogP contribution in [-0.2, 0) is 4.74 Å². The van der Waals surface area contributed by atoms with E-state index >= 15 is 0 Å². The number of aromatic nitrogens is 1. The Hall–Kier alpha value is -2.01. The molecule has 1 N–H and O–H groups in total. The Bertz CT molecular complexity index is 1320. The van der Waals surface area contributed by atoms with Crippen molar-refractivity contribution >= 4 is 10.8 Å². The second kappa shape index (κ2) is 7.09. The summed E-state index contributed by atoms with van der Waals surface area (Å²) in [5, 5.41) is 12.9. The van der Waals surface area contributed by atoms with Crippen molar-refractivity contribution in [2.45, 2.75) is 94.0 Å². The van der Waals surface area contributed by atoms with Gasteiger partial charge in [0, 0.05) is 36.9 Å². The molecule has 4 fully saturated rings. The summed E-state index contributed by atoms with van der Waals surface area (Å²) in [5.74, 6) is 1.13. The Morgan fingerprint density at radius 1 is 1.06 bits per heavy atom. The molecule has 2 aromatic rings. The average molecular weight is 483 g/mol. The Kier molecular flexibility index (Phi) is 4.34. The number of benzene rings is 1. The molecule has 2 saturated heterocycles. The third-order valence-electron chi connectivity index (χ3n) is 11.3. The second-order valence-electron chi connectivity index (χ2n) is 13.5. The lowest BCUT2D eigenvalue weighted by Crippen LogP contribution is -2.65. The van der Waals surface area contributed by atoms with Crippen LogP contribution >= 0.6 is 0 Å². The number of rotatable bonds is 2. The van der Waals surface area contributed by atoms with E-state index in [1.54, 1.807) is 5.57 Å². The maximum Gasteiger partial charge on any atom is 0.0974 e. The van der Waals surface area contributed by atoms with Gasteiger partial charge in [0.25, 0.3) is 0 Å². The normalized spacial score (nSPS) is 42.7. The standard InChI is InChI=1S/C32H38N2O2/c1-29(35)19-34(20-29)26-6-5-24-16-25-9-11-30(2)27(22-4-3-21-10-14-33-18-23(21)15-22)7-8-28(30)32(25)13-12-31(24,17-26)36-32/h3-4,9-10,14-16,18,26-28,35H,5-8,11-13,17,19-20H2,1-2H3/t26?,27?,28-,30+,31-,32-/m1/s1. The Morgan fingerprint density at radius 2 is 1.94 bits per heavy atom. The van der Waals surface area contributed by atoms with Crippen LogP contribution < -0.4 is 0 Å². The van der Waals surface area contributed by atoms with E-state index in [1.165, 1.54) is 41.2 Å². The topological polar surface area (TPSA) is 45.6 Å². The summed E-state index contributed by atoms with van der Waals surface area (Å²) < 4.78 is 7.48. The lowest BCUT2D eigenvalue weighted by molar-refractivity contribution is -0.157. The quantitative estimate of drug-likeness (QED) is 0.578. The number of ether oxygens (including phenoxy) is 1. The fraction of sp³-hybridized carbons (Fsp3) is 0.594. The zero-order valence-electron chi connectivity index (χ0n) is 21.7. The van der Waals surface area contributed by atoms with E-state index < -0.39 is 5.60 Å². The Labute approximate surface area is 214 Å². The van der Waals surface area contributed by atoms with Crippen LogP contribution in [0.3, 0.4) is 0 Å². The van der Waals surface area contributed by atoms with Crippen LogP contribution in [0.4, 0.5) is 0 Å². The summed E-state index contributed by atoms with van der Waals surface area (Å²) in [6.45, 7) is 6.16. The van der Waals surface area contributed by atoms with Gasteiger partial charge in [-0.15, -0.1) is 0 Å². The monoisotopic (exact) mass is 482 g/mol. The van der Waals surface area contributed by atoms with Crippen LogP contribution in [0, 0.1) is 11.3 Å². The van der Waals surface area contributed by atoms with Crippen molar-refractivity contribution in [3.63, 3.8) is 0 Å². The van der Waals surface area contributed by atoms with Gasteiger partial charge in [-0.25, -0.2) is 0 Å². The molecule has 188 valence electrons. The molecule has 2 unspecified atom stereocenters. The molecule has 4 heteroatoms. The van der Waals surface area contributed by atoms with Gasteiger partial charge in [-0.05, 0) is 110 Å². The van der Waals surface area contributed by atoms with Gasteiger partial charge in [-0.2, -0.15) is 0 Å². The van der Waals surface area contributed by atoms with Gasteiger partial charge in [0.1, 0.15) is 0 Å². The van der Waals surface area contributed by atoms with Crippen molar-refractivity contribution < 1.29 is 9.84 Å². The molecule has 4 nitrogen and oxygen atoms in total. The molecule has 1 aromatic heterocycles. The smallest absolute Gasteiger partial charge is 0.0974 e. The van der Waals surface area contributed by atoms with Crippen LogP contribution in [0.25, 0.3) is 10.8 Å². The third kappa shape index (κ3) is 2.84. The highest BCUT2D eigenvalue weighted by Gasteiger charge is 2.66. The van der Waals surface area contributed by atoms with E-state index in [-0.39, 0.29) is 16.6 Å². The van der Waals surface area contributed by atoms with Gasteiger partial charge in [-0.1, -0.05) is 31.2 Å². The molecule has 1 aromatic carbocycles. The molecule has 6 aliphatic rings. The van der Waals surface area contributed by atoms with Gasteiger partial charge < -0.3 is 9.84 Å². The maximum absolute atomic E-state index is 10.3. The fourth-order valence-electron chi connectivity index (χ4n) is 9.65. The number of nitrogens with zero attached hydrogens (tertiary/aromatic N) is 2. The fourth-order valence-corrected chi connectivity index (χ4v) is 9.65. The van der Waals surface area contributed by atoms with E-state index in [2.05, 4.69) is 53.2 Å². The van der Waals surface area contributed by atoms with Crippen LogP contribution in [-0.4, -0.2) is 50.9 Å². The summed E-state index contributed by atoms with van der Waals surface area (Å²) in [5.41, 5.74) is 4.08. The Balaban J connectivity index is 1.13. The predicted molar refractivity (Wildman–Crippen MR) is 142 cm³/mol. The summed E-state index contributed by atoms with van der Waals surface area (Å²) in [6.07, 6.45) is 18.5. The molecule has 3 aliphatic carbocycles. The Morgan fingerprint density at radius 3 is 2.81 bits per heavy atom. The molecule has 0 radical (unpaired) electrons. The summed E-state index contributed by atoms with van der Waals surface area (Å²) >= 11 is 0. The van der Waals surface area contributed by atoms with E-state index in [0.29, 0.717) is 17.9 Å². The van der Waals surface area contributed by atoms with Crippen molar-refractivity contribution in [1.29, 1.82) is 0 Å². The first-order valence-corrected chi connectivity index (χ1v) is 14.2. The molecule has 2 bridgehead atoms. The first kappa shape index (κ1) is 22.0. The largest absolute Gasteiger partial charge is 0.388 e. The average Bonchev–Trinajstić information content (AvgIpc) is 3.37. The van der Waals surface area contributed by atoms with Crippen LogP contribution in [0.1, 0.15) is 76.7 Å². The van der Waals surface area contributed by atoms with Gasteiger partial charge in [0.05, 0.1) is 16.8 Å². The molecule has 6 atom stereocenters. The first-order valence-electron chi connectivity index (χ1n) is 14.2. The number of hydrogen-bond acceptors (Lipinski definition) is 4. The van der Waals surface area contributed by atoms with Crippen molar-refractivity contribution in [3.8, 4) is 0 Å². The minimum atomic E-state index is -0.503. The van der Waals surface area contributed by atoms with Crippen molar-refractivity contribution in [3.05, 3.63) is 65.5 Å². The zero-order chi connectivity index (χ0) is 24.3. The molecule has 4 heterocycles. The lowest BCUT2D eigenvalue weighted by atomic mass is 9.58. The van der Waals surface area contributed by atoms with Gasteiger partial charge in [0.15, 0.2) is 0 Å². The number of pyridine rings is 1. The number of aliphatic hydroxyl groups is 1. The maximum atomic E-state index is 10.3. The first-order chi connectivity index (χ1) is 17.3. The molecule has 2 spiro atoms. The van der Waals surface area contributed by atoms with Gasteiger partial charge in [0.2, 0.25) is 0 Å². The lowest BCUT2D eigenvalue weighted by Gasteiger charge is -2.56. The number of fused-ring (bicyclic) bond motifs is 2. The summed E-state index contributed by atoms with van der Waals surface area (Å²) in [6, 6.07) is 9.73. The molecule has 2 saturated carbocycles. The third-order valence-corrected chi connectivity index (χ3v) is 11.3. The number of likely N-dealkylation sites (tertiary alicyclic amines) is 1. The minimum absolute atomic E-state index is 0.0767. The number of hydrogen-bond donors (Lipinski definition) is 1. The van der Waals surface area contributed by atoms with Crippen LogP contribution in [0.5, 0.6) is 0 Å². The molecular weight excluding hydrogens is 444 g/mol. The number of β-amino-alcohol motifs (C(OH)–C–C–N with tert-alkyl or cyclic N) is 1. The zero-order valence-corrected chi connectivity index (χ0v) is 21.7. The highest BCUT2D eigenvalue weighted by molar-refractivity contribution is 5.82. The van der Waals surface area contributed by atoms with E-state index in [4.69, 9.17) is 4.74 Å². The highest BCUT2D eigenvalue weighted by Crippen LogP contribution is 2.69. The van der Waals surface area contributed by atoms with Gasteiger partial charge in [-0.3, -0.25) is 9.88 Å². The van der Waals surface area contributed by atoms with Crippen LogP contribution in [0.2, 0.25) is 0 Å². The molecule has 8 rings (SSSR count). The minimum Gasteiger partial charge on any atom is -0.388 e. The van der Waals surface area contributed by atoms with E-state index in [1.807, 2.05) is 19.3 Å². The molecule has 36 heavy (non-hydrogen) atoms. The molecular formula is C32H38N2O2. The van der Waals surface area contributed by atoms with E-state index in [9.17, 15) is 5.11 Å². The second-order valence-corrected chi connectivity index (χ2v) is 13.5. The summed E-state index contributed by atoms with van der Waals surface area (Å²) in [4.78, 5) is 6.89. The SMILES string of the molecule is CC1(O)CN(C2CCC3=CC4=CC[C@@]5(C)C(c6ccc7ccncc7c6)CC[C@H]5[C@@]45CC[C@]3(C2)O5)C1. The molecule has 3 aliphatic heterocycles. The highest BCUT2D eigenvalue weighted by atomic mass is 16.5. The van der Waals surface area contributed by atoms with Crippen LogP contribution in [0.15, 0.2) is 60.0 Å². The van der Waals surface area contributed by atoms with E-state index in [0.717, 1.165) is 45.2 Å². The van der Waals surface area contributed by atoms with Gasteiger partial charge >= 0.3 is 0 Å². The van der Waals surface area contributed by atoms with Crippen molar-refractivity contribution in [2.75, 3.05) is 13.1 Å². The molecule has 0 amide bonds. The number of allylic oxidation sites excluding steroid dienone is 1.